The van der Waals surface area contributed by atoms with Crippen LogP contribution in [0, 0.1) is 13.8 Å². The number of hydrogen-bond donors (Lipinski definition) is 2. The highest BCUT2D eigenvalue weighted by atomic mass is 16.4. The van der Waals surface area contributed by atoms with E-state index in [2.05, 4.69) is 25.2 Å². The predicted molar refractivity (Wildman–Crippen MR) is 58.9 cm³/mol. The first-order chi connectivity index (χ1) is 8.11. The first-order valence-electron chi connectivity index (χ1n) is 4.83. The quantitative estimate of drug-likeness (QED) is 0.320. The molecule has 8 nitrogen and oxygen atoms in total. The molecule has 0 aromatic carbocycles. The minimum atomic E-state index is -0.0804. The van der Waals surface area contributed by atoms with E-state index in [0.29, 0.717) is 23.3 Å². The monoisotopic (exact) mass is 233 g/mol. The van der Waals surface area contributed by atoms with Crippen molar-refractivity contribution in [2.75, 3.05) is 0 Å². The van der Waals surface area contributed by atoms with E-state index < -0.39 is 0 Å². The third kappa shape index (κ3) is 2.05. The summed E-state index contributed by atoms with van der Waals surface area (Å²) >= 11 is 0. The molecule has 0 bridgehead atoms. The van der Waals surface area contributed by atoms with Crippen molar-refractivity contribution in [3.8, 4) is 5.95 Å². The Hall–Kier alpha value is -2.51. The molecule has 2 aromatic heterocycles. The number of nitrogens with two attached hydrogens (primary N) is 1. The van der Waals surface area contributed by atoms with E-state index in [1.165, 1.54) is 16.9 Å². The van der Waals surface area contributed by atoms with Gasteiger partial charge in [-0.2, -0.15) is 4.68 Å². The van der Waals surface area contributed by atoms with Gasteiger partial charge in [0, 0.05) is 6.20 Å². The minimum absolute atomic E-state index is 0.0804. The molecule has 0 unspecified atom stereocenters. The average molecular weight is 233 g/mol. The Bertz CT molecular complexity index is 574. The average Bonchev–Trinajstić information content (AvgIpc) is 2.67. The van der Waals surface area contributed by atoms with Gasteiger partial charge in [0.25, 0.3) is 5.95 Å². The van der Waals surface area contributed by atoms with E-state index in [1.807, 2.05) is 0 Å². The molecule has 0 aliphatic carbocycles. The molecule has 0 saturated carbocycles. The van der Waals surface area contributed by atoms with Crippen molar-refractivity contribution >= 4 is 5.84 Å². The highest BCUT2D eigenvalue weighted by Gasteiger charge is 2.09. The first kappa shape index (κ1) is 11.0. The molecule has 0 amide bonds. The summed E-state index contributed by atoms with van der Waals surface area (Å²) in [6, 6.07) is 1.54. The van der Waals surface area contributed by atoms with E-state index in [-0.39, 0.29) is 5.84 Å². The summed E-state index contributed by atoms with van der Waals surface area (Å²) in [5.74, 6) is 1.54. The summed E-state index contributed by atoms with van der Waals surface area (Å²) in [4.78, 5) is 12.3. The van der Waals surface area contributed by atoms with Crippen LogP contribution in [0.4, 0.5) is 0 Å². The first-order valence-corrected chi connectivity index (χ1v) is 4.83. The number of aromatic nitrogens is 5. The standard InChI is InChI=1S/C9H11N7O/c1-5-12-6(2)16(14-5)9-11-4-3-7(13-9)8(10)15-17/h3-4,17H,1-2H3,(H2,10,15). The fraction of sp³-hybridized carbons (Fsp3) is 0.222. The fourth-order valence-electron chi connectivity index (χ4n) is 1.35. The molecule has 2 rings (SSSR count). The van der Waals surface area contributed by atoms with E-state index in [1.54, 1.807) is 13.8 Å². The van der Waals surface area contributed by atoms with Crippen molar-refractivity contribution in [3.63, 3.8) is 0 Å². The van der Waals surface area contributed by atoms with Crippen LogP contribution < -0.4 is 5.73 Å². The SMILES string of the molecule is Cc1nc(C)n(-c2nccc(/C(N)=N/O)n2)n1. The Balaban J connectivity index is 2.50. The maximum atomic E-state index is 8.58. The van der Waals surface area contributed by atoms with Crippen LogP contribution in [0.3, 0.4) is 0 Å². The lowest BCUT2D eigenvalue weighted by atomic mass is 10.4. The van der Waals surface area contributed by atoms with E-state index >= 15 is 0 Å². The Kier molecular flexibility index (Phi) is 2.69. The zero-order valence-electron chi connectivity index (χ0n) is 9.36. The van der Waals surface area contributed by atoms with Gasteiger partial charge in [-0.1, -0.05) is 5.16 Å². The number of rotatable bonds is 2. The van der Waals surface area contributed by atoms with Gasteiger partial charge in [0.2, 0.25) is 0 Å². The molecule has 88 valence electrons. The minimum Gasteiger partial charge on any atom is -0.409 e. The number of aryl methyl sites for hydroxylation is 2. The molecule has 2 aromatic rings. The zero-order chi connectivity index (χ0) is 12.4. The molecule has 0 aliphatic heterocycles. The van der Waals surface area contributed by atoms with Crippen LogP contribution in [0.15, 0.2) is 17.4 Å². The van der Waals surface area contributed by atoms with Gasteiger partial charge in [-0.25, -0.2) is 15.0 Å². The maximum Gasteiger partial charge on any atom is 0.252 e. The van der Waals surface area contributed by atoms with Crippen LogP contribution in [0.25, 0.3) is 5.95 Å². The Morgan fingerprint density at radius 1 is 1.41 bits per heavy atom. The largest absolute Gasteiger partial charge is 0.409 e. The fourth-order valence-corrected chi connectivity index (χ4v) is 1.35. The number of hydrogen-bond acceptors (Lipinski definition) is 6. The lowest BCUT2D eigenvalue weighted by Crippen LogP contribution is -2.17. The lowest BCUT2D eigenvalue weighted by molar-refractivity contribution is 0.318. The normalized spacial score (nSPS) is 11.8. The van der Waals surface area contributed by atoms with Crippen molar-refractivity contribution in [1.82, 2.24) is 24.7 Å². The van der Waals surface area contributed by atoms with Gasteiger partial charge < -0.3 is 10.9 Å². The van der Waals surface area contributed by atoms with Crippen LogP contribution >= 0.6 is 0 Å². The van der Waals surface area contributed by atoms with Gasteiger partial charge in [-0.15, -0.1) is 5.10 Å². The topological polar surface area (TPSA) is 115 Å². The molecule has 2 heterocycles. The molecular formula is C9H11N7O. The predicted octanol–water partition coefficient (Wildman–Crippen LogP) is -0.231. The summed E-state index contributed by atoms with van der Waals surface area (Å²) in [7, 11) is 0. The van der Waals surface area contributed by atoms with Crippen LogP contribution in [0.2, 0.25) is 0 Å². The van der Waals surface area contributed by atoms with Crippen LogP contribution in [0.1, 0.15) is 17.3 Å². The van der Waals surface area contributed by atoms with Gasteiger partial charge in [0.05, 0.1) is 0 Å². The van der Waals surface area contributed by atoms with Crippen LogP contribution in [-0.2, 0) is 0 Å². The van der Waals surface area contributed by atoms with Crippen molar-refractivity contribution < 1.29 is 5.21 Å². The van der Waals surface area contributed by atoms with Crippen LogP contribution in [-0.4, -0.2) is 35.8 Å². The van der Waals surface area contributed by atoms with Gasteiger partial charge in [-0.3, -0.25) is 0 Å². The number of nitrogens with zero attached hydrogens (tertiary/aromatic N) is 6. The van der Waals surface area contributed by atoms with Crippen LogP contribution in [0.5, 0.6) is 0 Å². The molecule has 0 fully saturated rings. The highest BCUT2D eigenvalue weighted by Crippen LogP contribution is 2.04. The van der Waals surface area contributed by atoms with Gasteiger partial charge in [0.15, 0.2) is 5.84 Å². The molecule has 0 radical (unpaired) electrons. The van der Waals surface area contributed by atoms with E-state index in [4.69, 9.17) is 10.9 Å². The summed E-state index contributed by atoms with van der Waals surface area (Å²) < 4.78 is 1.49. The summed E-state index contributed by atoms with van der Waals surface area (Å²) in [5, 5.41) is 15.6. The molecule has 3 N–H and O–H groups in total. The van der Waals surface area contributed by atoms with Gasteiger partial charge >= 0.3 is 0 Å². The number of oxime groups is 1. The number of amidine groups is 1. The third-order valence-corrected chi connectivity index (χ3v) is 2.08. The Morgan fingerprint density at radius 3 is 2.76 bits per heavy atom. The molecule has 0 spiro atoms. The van der Waals surface area contributed by atoms with Crippen molar-refractivity contribution in [2.24, 2.45) is 10.9 Å². The molecular weight excluding hydrogens is 222 g/mol. The molecule has 0 aliphatic rings. The summed E-state index contributed by atoms with van der Waals surface area (Å²) in [5.41, 5.74) is 5.77. The van der Waals surface area contributed by atoms with Crippen molar-refractivity contribution in [3.05, 3.63) is 29.6 Å². The Labute approximate surface area is 96.8 Å². The maximum absolute atomic E-state index is 8.58. The Morgan fingerprint density at radius 2 is 2.18 bits per heavy atom. The highest BCUT2D eigenvalue weighted by molar-refractivity contribution is 5.95. The second-order valence-electron chi connectivity index (χ2n) is 3.35. The molecule has 0 saturated heterocycles. The second-order valence-corrected chi connectivity index (χ2v) is 3.35. The molecule has 0 atom stereocenters. The molecule has 17 heavy (non-hydrogen) atoms. The van der Waals surface area contributed by atoms with Crippen molar-refractivity contribution in [1.29, 1.82) is 0 Å². The van der Waals surface area contributed by atoms with E-state index in [9.17, 15) is 0 Å². The smallest absolute Gasteiger partial charge is 0.252 e. The lowest BCUT2D eigenvalue weighted by Gasteiger charge is -2.02. The molecule has 8 heteroatoms. The summed E-state index contributed by atoms with van der Waals surface area (Å²) in [6.07, 6.45) is 1.51. The third-order valence-electron chi connectivity index (χ3n) is 2.08. The summed E-state index contributed by atoms with van der Waals surface area (Å²) in [6.45, 7) is 3.57. The van der Waals surface area contributed by atoms with Crippen molar-refractivity contribution in [2.45, 2.75) is 13.8 Å². The zero-order valence-corrected chi connectivity index (χ0v) is 9.36. The van der Waals surface area contributed by atoms with Gasteiger partial charge in [0.1, 0.15) is 17.3 Å². The van der Waals surface area contributed by atoms with Gasteiger partial charge in [-0.05, 0) is 19.9 Å². The second kappa shape index (κ2) is 4.16. The van der Waals surface area contributed by atoms with E-state index in [0.717, 1.165) is 0 Å².